The minimum absolute atomic E-state index is 0.0233. The van der Waals surface area contributed by atoms with E-state index in [1.807, 2.05) is 0 Å². The Morgan fingerprint density at radius 1 is 1.53 bits per heavy atom. The van der Waals surface area contributed by atoms with Crippen molar-refractivity contribution in [3.05, 3.63) is 34.4 Å². The van der Waals surface area contributed by atoms with E-state index < -0.39 is 4.92 Å². The fourth-order valence-corrected chi connectivity index (χ4v) is 2.27. The summed E-state index contributed by atoms with van der Waals surface area (Å²) in [5.74, 6) is 0.504. The van der Waals surface area contributed by atoms with Crippen LogP contribution in [0, 0.1) is 16.0 Å². The number of piperidine rings is 1. The van der Waals surface area contributed by atoms with Gasteiger partial charge in [0.05, 0.1) is 4.92 Å². The molecule has 0 bridgehead atoms. The Kier molecular flexibility index (Phi) is 3.99. The molecule has 2 amide bonds. The molecule has 0 unspecified atom stereocenters. The average molecular weight is 263 g/mol. The number of nitro benzene ring substituents is 1. The molecule has 1 aromatic rings. The number of carbonyl (C=O) groups excluding carboxylic acids is 1. The van der Waals surface area contributed by atoms with Gasteiger partial charge in [-0.1, -0.05) is 13.0 Å². The van der Waals surface area contributed by atoms with Gasteiger partial charge < -0.3 is 10.2 Å². The fraction of sp³-hybridized carbons (Fsp3) is 0.462. The lowest BCUT2D eigenvalue weighted by Gasteiger charge is -2.30. The Balaban J connectivity index is 2.02. The van der Waals surface area contributed by atoms with E-state index in [4.69, 9.17) is 0 Å². The fourth-order valence-electron chi connectivity index (χ4n) is 2.27. The van der Waals surface area contributed by atoms with Crippen molar-refractivity contribution in [3.8, 4) is 0 Å². The molecule has 1 N–H and O–H groups in total. The summed E-state index contributed by atoms with van der Waals surface area (Å²) >= 11 is 0. The lowest BCUT2D eigenvalue weighted by molar-refractivity contribution is -0.384. The second-order valence-electron chi connectivity index (χ2n) is 4.93. The van der Waals surface area contributed by atoms with Crippen molar-refractivity contribution in [1.29, 1.82) is 0 Å². The molecule has 6 heteroatoms. The number of hydrogen-bond donors (Lipinski definition) is 1. The first-order valence-electron chi connectivity index (χ1n) is 6.36. The third kappa shape index (κ3) is 3.43. The zero-order valence-electron chi connectivity index (χ0n) is 10.8. The first kappa shape index (κ1) is 13.3. The second-order valence-corrected chi connectivity index (χ2v) is 4.93. The van der Waals surface area contributed by atoms with Gasteiger partial charge in [0.2, 0.25) is 0 Å². The van der Waals surface area contributed by atoms with Crippen LogP contribution in [0.3, 0.4) is 0 Å². The summed E-state index contributed by atoms with van der Waals surface area (Å²) in [6, 6.07) is 5.79. The van der Waals surface area contributed by atoms with Crippen molar-refractivity contribution < 1.29 is 9.72 Å². The first-order valence-corrected chi connectivity index (χ1v) is 6.36. The molecular formula is C13H17N3O3. The topological polar surface area (TPSA) is 75.5 Å². The van der Waals surface area contributed by atoms with E-state index in [1.54, 1.807) is 17.0 Å². The van der Waals surface area contributed by atoms with Crippen LogP contribution < -0.4 is 5.32 Å². The molecule has 1 atom stereocenters. The number of rotatable bonds is 2. The van der Waals surface area contributed by atoms with Gasteiger partial charge in [0.1, 0.15) is 0 Å². The van der Waals surface area contributed by atoms with Gasteiger partial charge in [0, 0.05) is 30.9 Å². The highest BCUT2D eigenvalue weighted by Gasteiger charge is 2.21. The quantitative estimate of drug-likeness (QED) is 0.658. The van der Waals surface area contributed by atoms with Crippen LogP contribution in [0.5, 0.6) is 0 Å². The molecule has 6 nitrogen and oxygen atoms in total. The van der Waals surface area contributed by atoms with Gasteiger partial charge in [-0.2, -0.15) is 0 Å². The molecule has 1 aromatic carbocycles. The molecule has 1 saturated heterocycles. The Hall–Kier alpha value is -2.11. The van der Waals surface area contributed by atoms with Gasteiger partial charge in [-0.05, 0) is 24.8 Å². The van der Waals surface area contributed by atoms with Crippen molar-refractivity contribution in [3.63, 3.8) is 0 Å². The highest BCUT2D eigenvalue weighted by Crippen LogP contribution is 2.19. The second kappa shape index (κ2) is 5.69. The monoisotopic (exact) mass is 263 g/mol. The molecule has 1 aliphatic heterocycles. The SMILES string of the molecule is C[C@@H]1CCCN(C(=O)Nc2cccc([N+](=O)[O-])c2)C1. The van der Waals surface area contributed by atoms with E-state index in [1.165, 1.54) is 12.1 Å². The molecule has 0 radical (unpaired) electrons. The number of amides is 2. The Morgan fingerprint density at radius 2 is 2.32 bits per heavy atom. The van der Waals surface area contributed by atoms with Crippen molar-refractivity contribution in [2.75, 3.05) is 18.4 Å². The van der Waals surface area contributed by atoms with Crippen LogP contribution in [-0.4, -0.2) is 28.9 Å². The minimum atomic E-state index is -0.474. The van der Waals surface area contributed by atoms with E-state index in [9.17, 15) is 14.9 Å². The maximum absolute atomic E-state index is 12.0. The van der Waals surface area contributed by atoms with E-state index in [-0.39, 0.29) is 11.7 Å². The molecule has 1 aliphatic rings. The number of nitrogens with zero attached hydrogens (tertiary/aromatic N) is 2. The van der Waals surface area contributed by atoms with Gasteiger partial charge in [0.25, 0.3) is 5.69 Å². The number of hydrogen-bond acceptors (Lipinski definition) is 3. The van der Waals surface area contributed by atoms with Crippen LogP contribution in [0.2, 0.25) is 0 Å². The summed E-state index contributed by atoms with van der Waals surface area (Å²) in [7, 11) is 0. The lowest BCUT2D eigenvalue weighted by Crippen LogP contribution is -2.41. The number of anilines is 1. The summed E-state index contributed by atoms with van der Waals surface area (Å²) < 4.78 is 0. The number of nitro groups is 1. The third-order valence-corrected chi connectivity index (χ3v) is 3.25. The number of nitrogens with one attached hydrogen (secondary N) is 1. The third-order valence-electron chi connectivity index (χ3n) is 3.25. The molecule has 1 fully saturated rings. The molecule has 0 spiro atoms. The van der Waals surface area contributed by atoms with Gasteiger partial charge in [-0.15, -0.1) is 0 Å². The van der Waals surface area contributed by atoms with Crippen LogP contribution in [0.15, 0.2) is 24.3 Å². The van der Waals surface area contributed by atoms with Crippen LogP contribution >= 0.6 is 0 Å². The van der Waals surface area contributed by atoms with E-state index in [2.05, 4.69) is 12.2 Å². The van der Waals surface area contributed by atoms with Gasteiger partial charge >= 0.3 is 6.03 Å². The predicted molar refractivity (Wildman–Crippen MR) is 72.1 cm³/mol. The van der Waals surface area contributed by atoms with Gasteiger partial charge in [-0.25, -0.2) is 4.79 Å². The molecule has 102 valence electrons. The molecule has 19 heavy (non-hydrogen) atoms. The molecule has 0 saturated carbocycles. The number of non-ortho nitro benzene ring substituents is 1. The predicted octanol–water partition coefficient (Wildman–Crippen LogP) is 2.86. The van der Waals surface area contributed by atoms with E-state index in [0.29, 0.717) is 11.6 Å². The minimum Gasteiger partial charge on any atom is -0.324 e. The van der Waals surface area contributed by atoms with E-state index >= 15 is 0 Å². The van der Waals surface area contributed by atoms with E-state index in [0.717, 1.165) is 25.9 Å². The maximum atomic E-state index is 12.0. The largest absolute Gasteiger partial charge is 0.324 e. The van der Waals surface area contributed by atoms with Crippen LogP contribution in [-0.2, 0) is 0 Å². The highest BCUT2D eigenvalue weighted by molar-refractivity contribution is 5.89. The molecule has 0 aromatic heterocycles. The molecule has 2 rings (SSSR count). The summed E-state index contributed by atoms with van der Waals surface area (Å²) in [6.07, 6.45) is 2.14. The smallest absolute Gasteiger partial charge is 0.321 e. The Bertz CT molecular complexity index is 490. The van der Waals surface area contributed by atoms with Crippen LogP contribution in [0.25, 0.3) is 0 Å². The summed E-state index contributed by atoms with van der Waals surface area (Å²) in [6.45, 7) is 3.60. The number of carbonyl (C=O) groups is 1. The van der Waals surface area contributed by atoms with Gasteiger partial charge in [-0.3, -0.25) is 10.1 Å². The van der Waals surface area contributed by atoms with Crippen LogP contribution in [0.4, 0.5) is 16.2 Å². The Morgan fingerprint density at radius 3 is 3.00 bits per heavy atom. The number of likely N-dealkylation sites (tertiary alicyclic amines) is 1. The van der Waals surface area contributed by atoms with Gasteiger partial charge in [0.15, 0.2) is 0 Å². The number of urea groups is 1. The van der Waals surface area contributed by atoms with Crippen molar-refractivity contribution in [2.45, 2.75) is 19.8 Å². The molecule has 0 aliphatic carbocycles. The zero-order chi connectivity index (χ0) is 13.8. The summed E-state index contributed by atoms with van der Waals surface area (Å²) in [5, 5.41) is 13.4. The number of benzene rings is 1. The molecule has 1 heterocycles. The summed E-state index contributed by atoms with van der Waals surface area (Å²) in [4.78, 5) is 24.0. The zero-order valence-corrected chi connectivity index (χ0v) is 10.8. The van der Waals surface area contributed by atoms with Crippen molar-refractivity contribution in [1.82, 2.24) is 4.90 Å². The molecular weight excluding hydrogens is 246 g/mol. The first-order chi connectivity index (χ1) is 9.06. The Labute approximate surface area is 111 Å². The summed E-state index contributed by atoms with van der Waals surface area (Å²) in [5.41, 5.74) is 0.433. The van der Waals surface area contributed by atoms with Crippen molar-refractivity contribution in [2.24, 2.45) is 5.92 Å². The average Bonchev–Trinajstić information content (AvgIpc) is 2.39. The van der Waals surface area contributed by atoms with Crippen LogP contribution in [0.1, 0.15) is 19.8 Å². The highest BCUT2D eigenvalue weighted by atomic mass is 16.6. The maximum Gasteiger partial charge on any atom is 0.321 e. The standard InChI is InChI=1S/C13H17N3O3/c1-10-4-3-7-15(9-10)13(17)14-11-5-2-6-12(8-11)16(18)19/h2,5-6,8,10H,3-4,7,9H2,1H3,(H,14,17)/t10-/m1/s1. The normalized spacial score (nSPS) is 19.0. The van der Waals surface area contributed by atoms with Crippen molar-refractivity contribution >= 4 is 17.4 Å². The lowest BCUT2D eigenvalue weighted by atomic mass is 10.0.